The lowest BCUT2D eigenvalue weighted by Gasteiger charge is -2.28. The Morgan fingerprint density at radius 2 is 1.80 bits per heavy atom. The lowest BCUT2D eigenvalue weighted by atomic mass is 10.2. The fourth-order valence-corrected chi connectivity index (χ4v) is 3.72. The van der Waals surface area contributed by atoms with Crippen molar-refractivity contribution in [2.24, 2.45) is 0 Å². The minimum atomic E-state index is -3.52. The molecule has 2 aromatic carbocycles. The van der Waals surface area contributed by atoms with Crippen LogP contribution in [-0.4, -0.2) is 59.5 Å². The van der Waals surface area contributed by atoms with Gasteiger partial charge in [-0.2, -0.15) is 0 Å². The number of amides is 1. The normalized spacial score (nSPS) is 14.3. The number of ether oxygens (including phenoxy) is 2. The molecule has 10 heteroatoms. The van der Waals surface area contributed by atoms with Gasteiger partial charge in [-0.3, -0.25) is 4.79 Å². The minimum absolute atomic E-state index is 0.0338. The van der Waals surface area contributed by atoms with Gasteiger partial charge < -0.3 is 19.7 Å². The molecular weight excluding hydrogens is 432 g/mol. The SMILES string of the molecule is CS(=O)(=O)c1ccc(Cl)c(C(=O)OCC(=O)Nc2ccc(N3CCOCC3)cc2)c1. The molecule has 8 nitrogen and oxygen atoms in total. The number of morpholine rings is 1. The Morgan fingerprint density at radius 3 is 2.43 bits per heavy atom. The van der Waals surface area contributed by atoms with Crippen LogP contribution in [0.5, 0.6) is 0 Å². The van der Waals surface area contributed by atoms with Gasteiger partial charge in [0.15, 0.2) is 16.4 Å². The van der Waals surface area contributed by atoms with Gasteiger partial charge in [-0.25, -0.2) is 13.2 Å². The Kier molecular flexibility index (Phi) is 6.96. The highest BCUT2D eigenvalue weighted by Crippen LogP contribution is 2.22. The molecule has 0 aliphatic carbocycles. The third-order valence-corrected chi connectivity index (χ3v) is 5.89. The largest absolute Gasteiger partial charge is 0.452 e. The number of esters is 1. The molecule has 0 saturated carbocycles. The molecule has 3 rings (SSSR count). The highest BCUT2D eigenvalue weighted by atomic mass is 35.5. The highest BCUT2D eigenvalue weighted by molar-refractivity contribution is 7.90. The molecule has 0 unspecified atom stereocenters. The molecule has 1 saturated heterocycles. The van der Waals surface area contributed by atoms with Crippen LogP contribution in [0.25, 0.3) is 0 Å². The van der Waals surface area contributed by atoms with Gasteiger partial charge in [0.1, 0.15) is 0 Å². The van der Waals surface area contributed by atoms with E-state index in [9.17, 15) is 18.0 Å². The number of nitrogens with zero attached hydrogens (tertiary/aromatic N) is 1. The second-order valence-corrected chi connectivity index (χ2v) is 9.11. The summed E-state index contributed by atoms with van der Waals surface area (Å²) in [4.78, 5) is 26.4. The molecule has 1 heterocycles. The predicted octanol–water partition coefficient (Wildman–Crippen LogP) is 2.38. The fraction of sp³-hybridized carbons (Fsp3) is 0.300. The zero-order valence-electron chi connectivity index (χ0n) is 16.3. The predicted molar refractivity (Wildman–Crippen MR) is 113 cm³/mol. The molecule has 0 atom stereocenters. The second-order valence-electron chi connectivity index (χ2n) is 6.68. The van der Waals surface area contributed by atoms with Crippen molar-refractivity contribution in [1.82, 2.24) is 0 Å². The summed E-state index contributed by atoms with van der Waals surface area (Å²) >= 11 is 5.96. The van der Waals surface area contributed by atoms with Crippen molar-refractivity contribution in [3.05, 3.63) is 53.1 Å². The molecule has 0 aromatic heterocycles. The van der Waals surface area contributed by atoms with E-state index in [0.29, 0.717) is 18.9 Å². The lowest BCUT2D eigenvalue weighted by Crippen LogP contribution is -2.36. The van der Waals surface area contributed by atoms with Crippen molar-refractivity contribution in [1.29, 1.82) is 0 Å². The van der Waals surface area contributed by atoms with Gasteiger partial charge in [-0.1, -0.05) is 11.6 Å². The van der Waals surface area contributed by atoms with Crippen molar-refractivity contribution >= 4 is 44.7 Å². The van der Waals surface area contributed by atoms with Gasteiger partial charge in [-0.15, -0.1) is 0 Å². The van der Waals surface area contributed by atoms with Gasteiger partial charge in [-0.05, 0) is 42.5 Å². The van der Waals surface area contributed by atoms with Crippen molar-refractivity contribution in [3.63, 3.8) is 0 Å². The fourth-order valence-electron chi connectivity index (χ4n) is 2.87. The van der Waals surface area contributed by atoms with E-state index in [4.69, 9.17) is 21.1 Å². The zero-order valence-corrected chi connectivity index (χ0v) is 17.8. The Bertz CT molecular complexity index is 1030. The Morgan fingerprint density at radius 1 is 1.13 bits per heavy atom. The molecule has 1 aliphatic rings. The van der Waals surface area contributed by atoms with Crippen LogP contribution in [0.2, 0.25) is 5.02 Å². The van der Waals surface area contributed by atoms with Crippen LogP contribution in [0.4, 0.5) is 11.4 Å². The molecule has 30 heavy (non-hydrogen) atoms. The third-order valence-electron chi connectivity index (χ3n) is 4.45. The molecule has 0 bridgehead atoms. The molecule has 2 aromatic rings. The molecule has 0 radical (unpaired) electrons. The zero-order chi connectivity index (χ0) is 21.7. The highest BCUT2D eigenvalue weighted by Gasteiger charge is 2.18. The number of hydrogen-bond acceptors (Lipinski definition) is 7. The van der Waals surface area contributed by atoms with Gasteiger partial charge in [0, 0.05) is 30.7 Å². The van der Waals surface area contributed by atoms with Crippen LogP contribution in [-0.2, 0) is 24.1 Å². The number of hydrogen-bond donors (Lipinski definition) is 1. The lowest BCUT2D eigenvalue weighted by molar-refractivity contribution is -0.119. The minimum Gasteiger partial charge on any atom is -0.452 e. The number of halogens is 1. The van der Waals surface area contributed by atoms with E-state index in [1.165, 1.54) is 12.1 Å². The average molecular weight is 453 g/mol. The topological polar surface area (TPSA) is 102 Å². The average Bonchev–Trinajstić information content (AvgIpc) is 2.72. The summed E-state index contributed by atoms with van der Waals surface area (Å²) in [6.45, 7) is 2.45. The van der Waals surface area contributed by atoms with E-state index in [-0.39, 0.29) is 15.5 Å². The van der Waals surface area contributed by atoms with E-state index in [1.807, 2.05) is 12.1 Å². The smallest absolute Gasteiger partial charge is 0.340 e. The Hall–Kier alpha value is -2.62. The number of sulfone groups is 1. The number of carbonyl (C=O) groups is 2. The Balaban J connectivity index is 1.56. The summed E-state index contributed by atoms with van der Waals surface area (Å²) in [6, 6.07) is 11.0. The summed E-state index contributed by atoms with van der Waals surface area (Å²) in [5, 5.41) is 2.67. The van der Waals surface area contributed by atoms with Gasteiger partial charge in [0.25, 0.3) is 5.91 Å². The first-order chi connectivity index (χ1) is 14.2. The van der Waals surface area contributed by atoms with Crippen molar-refractivity contribution < 1.29 is 27.5 Å². The van der Waals surface area contributed by atoms with Gasteiger partial charge in [0.2, 0.25) is 0 Å². The molecule has 1 amide bonds. The Labute approximate surface area is 179 Å². The molecule has 1 N–H and O–H groups in total. The third kappa shape index (κ3) is 5.71. The van der Waals surface area contributed by atoms with Crippen LogP contribution >= 0.6 is 11.6 Å². The molecule has 0 spiro atoms. The first-order valence-electron chi connectivity index (χ1n) is 9.13. The summed E-state index contributed by atoms with van der Waals surface area (Å²) in [6.07, 6.45) is 1.02. The number of rotatable bonds is 6. The second kappa shape index (κ2) is 9.46. The van der Waals surface area contributed by atoms with Crippen molar-refractivity contribution in [2.45, 2.75) is 4.90 Å². The van der Waals surface area contributed by atoms with E-state index in [0.717, 1.165) is 31.1 Å². The number of anilines is 2. The quantitative estimate of drug-likeness (QED) is 0.671. The monoisotopic (exact) mass is 452 g/mol. The summed E-state index contributed by atoms with van der Waals surface area (Å²) in [5.74, 6) is -1.42. The van der Waals surface area contributed by atoms with E-state index >= 15 is 0 Å². The van der Waals surface area contributed by atoms with Crippen LogP contribution in [0.1, 0.15) is 10.4 Å². The summed E-state index contributed by atoms with van der Waals surface area (Å²) in [5.41, 5.74) is 1.47. The number of benzene rings is 2. The van der Waals surface area contributed by atoms with Crippen LogP contribution in [0.15, 0.2) is 47.4 Å². The van der Waals surface area contributed by atoms with E-state index in [1.54, 1.807) is 12.1 Å². The molecule has 1 aliphatic heterocycles. The van der Waals surface area contributed by atoms with Crippen LogP contribution in [0, 0.1) is 0 Å². The van der Waals surface area contributed by atoms with Crippen LogP contribution < -0.4 is 10.2 Å². The van der Waals surface area contributed by atoms with Gasteiger partial charge >= 0.3 is 5.97 Å². The first-order valence-corrected chi connectivity index (χ1v) is 11.4. The summed E-state index contributed by atoms with van der Waals surface area (Å²) in [7, 11) is -3.52. The van der Waals surface area contributed by atoms with Crippen molar-refractivity contribution in [3.8, 4) is 0 Å². The van der Waals surface area contributed by atoms with E-state index < -0.39 is 28.3 Å². The number of nitrogens with one attached hydrogen (secondary N) is 1. The first kappa shape index (κ1) is 22.1. The standard InChI is InChI=1S/C20H21ClN2O6S/c1-30(26,27)16-6-7-18(21)17(12-16)20(25)29-13-19(24)22-14-2-4-15(5-3-14)23-8-10-28-11-9-23/h2-7,12H,8-11,13H2,1H3,(H,22,24). The maximum absolute atomic E-state index is 12.2. The van der Waals surface area contributed by atoms with Crippen LogP contribution in [0.3, 0.4) is 0 Å². The summed E-state index contributed by atoms with van der Waals surface area (Å²) < 4.78 is 33.6. The molecule has 1 fully saturated rings. The van der Waals surface area contributed by atoms with Gasteiger partial charge in [0.05, 0.1) is 28.7 Å². The maximum Gasteiger partial charge on any atom is 0.340 e. The molecular formula is C20H21ClN2O6S. The number of carbonyl (C=O) groups excluding carboxylic acids is 2. The van der Waals surface area contributed by atoms with E-state index in [2.05, 4.69) is 10.2 Å². The maximum atomic E-state index is 12.2. The van der Waals surface area contributed by atoms with Crippen molar-refractivity contribution in [2.75, 3.05) is 49.4 Å². The molecule has 160 valence electrons.